The van der Waals surface area contributed by atoms with Crippen LogP contribution in [0, 0.1) is 0 Å². The third-order valence-electron chi connectivity index (χ3n) is 4.43. The molecule has 0 bridgehead atoms. The van der Waals surface area contributed by atoms with Crippen molar-refractivity contribution < 1.29 is 14.3 Å². The van der Waals surface area contributed by atoms with Crippen LogP contribution in [0.4, 0.5) is 5.95 Å². The Morgan fingerprint density at radius 2 is 1.82 bits per heavy atom. The lowest BCUT2D eigenvalue weighted by Gasteiger charge is -2.13. The molecule has 4 aromatic rings. The van der Waals surface area contributed by atoms with Gasteiger partial charge in [0.15, 0.2) is 11.5 Å². The Morgan fingerprint density at radius 3 is 2.54 bits per heavy atom. The van der Waals surface area contributed by atoms with Gasteiger partial charge in [0.1, 0.15) is 11.8 Å². The smallest absolute Gasteiger partial charge is 0.328 e. The van der Waals surface area contributed by atoms with Crippen LogP contribution in [0.5, 0.6) is 5.75 Å². The van der Waals surface area contributed by atoms with Crippen molar-refractivity contribution in [2.75, 3.05) is 19.5 Å². The number of carbonyl (C=O) groups is 1. The minimum atomic E-state index is -0.588. The highest BCUT2D eigenvalue weighted by Crippen LogP contribution is 2.25. The van der Waals surface area contributed by atoms with Crippen LogP contribution in [0.15, 0.2) is 48.5 Å². The fraction of sp³-hybridized carbons (Fsp3) is 0.200. The van der Waals surface area contributed by atoms with Crippen LogP contribution in [0.2, 0.25) is 0 Å². The number of benzene rings is 2. The van der Waals surface area contributed by atoms with Crippen molar-refractivity contribution >= 4 is 28.5 Å². The van der Waals surface area contributed by atoms with Crippen LogP contribution in [0.25, 0.3) is 27.9 Å². The number of esters is 1. The first-order chi connectivity index (χ1) is 13.6. The van der Waals surface area contributed by atoms with Crippen LogP contribution in [0.1, 0.15) is 6.92 Å². The second kappa shape index (κ2) is 7.15. The van der Waals surface area contributed by atoms with Crippen molar-refractivity contribution in [3.8, 4) is 17.1 Å². The number of hydrogen-bond donors (Lipinski definition) is 1. The predicted octanol–water partition coefficient (Wildman–Crippen LogP) is 2.93. The van der Waals surface area contributed by atoms with Gasteiger partial charge in [-0.2, -0.15) is 4.52 Å². The molecule has 1 atom stereocenters. The summed E-state index contributed by atoms with van der Waals surface area (Å²) in [6.45, 7) is 1.70. The number of nitrogens with one attached hydrogen (secondary N) is 1. The van der Waals surface area contributed by atoms with Gasteiger partial charge in [0.2, 0.25) is 5.95 Å². The van der Waals surface area contributed by atoms with Gasteiger partial charge in [0.25, 0.3) is 0 Å². The lowest BCUT2D eigenvalue weighted by molar-refractivity contribution is -0.141. The van der Waals surface area contributed by atoms with E-state index in [4.69, 9.17) is 14.5 Å². The quantitative estimate of drug-likeness (QED) is 0.535. The van der Waals surface area contributed by atoms with E-state index in [-0.39, 0.29) is 0 Å². The topological polar surface area (TPSA) is 90.6 Å². The lowest BCUT2D eigenvalue weighted by Crippen LogP contribution is -2.28. The Kier molecular flexibility index (Phi) is 4.52. The average Bonchev–Trinajstić information content (AvgIpc) is 3.19. The molecule has 1 unspecified atom stereocenters. The number of para-hydroxylation sites is 1. The molecule has 4 rings (SSSR count). The molecular formula is C20H19N5O3. The summed E-state index contributed by atoms with van der Waals surface area (Å²) in [6, 6.07) is 14.6. The van der Waals surface area contributed by atoms with E-state index in [1.807, 2.05) is 48.5 Å². The number of methoxy groups -OCH3 is 2. The molecule has 0 aliphatic heterocycles. The maximum absolute atomic E-state index is 11.8. The molecule has 8 nitrogen and oxygen atoms in total. The molecule has 28 heavy (non-hydrogen) atoms. The van der Waals surface area contributed by atoms with Crippen molar-refractivity contribution in [3.63, 3.8) is 0 Å². The Labute approximate surface area is 161 Å². The summed E-state index contributed by atoms with van der Waals surface area (Å²) in [6.07, 6.45) is 0. The molecule has 0 amide bonds. The standard InChI is InChI=1S/C20H19N5O3/c1-12(19(26)28-3)21-20-22-16-7-5-4-6-15(16)18-23-17(24-25(18)20)13-8-10-14(27-2)11-9-13/h4-12H,1-3H3,(H,21,22). The lowest BCUT2D eigenvalue weighted by atomic mass is 10.2. The van der Waals surface area contributed by atoms with Crippen molar-refractivity contribution in [3.05, 3.63) is 48.5 Å². The molecule has 8 heteroatoms. The number of hydrogen-bond acceptors (Lipinski definition) is 7. The van der Waals surface area contributed by atoms with E-state index in [0.717, 1.165) is 22.2 Å². The fourth-order valence-corrected chi connectivity index (χ4v) is 2.94. The number of rotatable bonds is 5. The summed E-state index contributed by atoms with van der Waals surface area (Å²) in [5.74, 6) is 1.33. The largest absolute Gasteiger partial charge is 0.497 e. The predicted molar refractivity (Wildman–Crippen MR) is 105 cm³/mol. The van der Waals surface area contributed by atoms with E-state index in [1.54, 1.807) is 18.5 Å². The minimum Gasteiger partial charge on any atom is -0.497 e. The molecule has 2 aromatic heterocycles. The van der Waals surface area contributed by atoms with Gasteiger partial charge in [0.05, 0.1) is 19.7 Å². The molecule has 0 saturated heterocycles. The van der Waals surface area contributed by atoms with E-state index in [2.05, 4.69) is 15.4 Å². The van der Waals surface area contributed by atoms with Crippen LogP contribution in [-0.4, -0.2) is 45.8 Å². The van der Waals surface area contributed by atoms with E-state index in [0.29, 0.717) is 17.4 Å². The Balaban J connectivity index is 1.87. The summed E-state index contributed by atoms with van der Waals surface area (Å²) >= 11 is 0. The first-order valence-electron chi connectivity index (χ1n) is 8.75. The van der Waals surface area contributed by atoms with Crippen molar-refractivity contribution in [2.45, 2.75) is 13.0 Å². The molecule has 0 saturated carbocycles. The molecule has 142 valence electrons. The van der Waals surface area contributed by atoms with Crippen LogP contribution in [-0.2, 0) is 9.53 Å². The maximum atomic E-state index is 11.8. The first-order valence-corrected chi connectivity index (χ1v) is 8.75. The number of nitrogens with zero attached hydrogens (tertiary/aromatic N) is 4. The Hall–Kier alpha value is -3.68. The third kappa shape index (κ3) is 3.09. The van der Waals surface area contributed by atoms with E-state index in [9.17, 15) is 4.79 Å². The van der Waals surface area contributed by atoms with Gasteiger partial charge >= 0.3 is 5.97 Å². The number of aromatic nitrogens is 4. The Morgan fingerprint density at radius 1 is 1.07 bits per heavy atom. The van der Waals surface area contributed by atoms with Crippen molar-refractivity contribution in [2.24, 2.45) is 0 Å². The van der Waals surface area contributed by atoms with Gasteiger partial charge in [-0.15, -0.1) is 5.10 Å². The Bertz CT molecular complexity index is 1150. The molecule has 0 aliphatic rings. The molecule has 0 radical (unpaired) electrons. The number of carbonyl (C=O) groups excluding carboxylic acids is 1. The minimum absolute atomic E-state index is 0.390. The molecule has 2 heterocycles. The summed E-state index contributed by atoms with van der Waals surface area (Å²) in [4.78, 5) is 21.2. The summed E-state index contributed by atoms with van der Waals surface area (Å²) in [5, 5.41) is 8.55. The molecular weight excluding hydrogens is 358 g/mol. The average molecular weight is 377 g/mol. The zero-order valence-corrected chi connectivity index (χ0v) is 15.7. The SMILES string of the molecule is COC(=O)C(C)Nc1nc2ccccc2c2nc(-c3ccc(OC)cc3)nn12. The molecule has 2 aromatic carbocycles. The van der Waals surface area contributed by atoms with E-state index in [1.165, 1.54) is 7.11 Å². The molecule has 1 N–H and O–H groups in total. The number of ether oxygens (including phenoxy) is 2. The van der Waals surface area contributed by atoms with Gasteiger partial charge < -0.3 is 14.8 Å². The van der Waals surface area contributed by atoms with Crippen molar-refractivity contribution in [1.29, 1.82) is 0 Å². The zero-order valence-electron chi connectivity index (χ0n) is 15.7. The highest BCUT2D eigenvalue weighted by atomic mass is 16.5. The second-order valence-electron chi connectivity index (χ2n) is 6.24. The van der Waals surface area contributed by atoms with Crippen LogP contribution in [0.3, 0.4) is 0 Å². The monoisotopic (exact) mass is 377 g/mol. The summed E-state index contributed by atoms with van der Waals surface area (Å²) in [7, 11) is 2.97. The normalized spacial score (nSPS) is 12.1. The highest BCUT2D eigenvalue weighted by molar-refractivity contribution is 5.93. The first kappa shape index (κ1) is 17.7. The van der Waals surface area contributed by atoms with E-state index < -0.39 is 12.0 Å². The third-order valence-corrected chi connectivity index (χ3v) is 4.43. The second-order valence-corrected chi connectivity index (χ2v) is 6.24. The van der Waals surface area contributed by atoms with Gasteiger partial charge in [-0.1, -0.05) is 12.1 Å². The fourth-order valence-electron chi connectivity index (χ4n) is 2.94. The van der Waals surface area contributed by atoms with Gasteiger partial charge in [-0.3, -0.25) is 0 Å². The van der Waals surface area contributed by atoms with Gasteiger partial charge in [0, 0.05) is 10.9 Å². The zero-order chi connectivity index (χ0) is 19.7. The molecule has 0 spiro atoms. The summed E-state index contributed by atoms with van der Waals surface area (Å²) in [5.41, 5.74) is 2.25. The maximum Gasteiger partial charge on any atom is 0.328 e. The van der Waals surface area contributed by atoms with Crippen LogP contribution >= 0.6 is 0 Å². The molecule has 0 aliphatic carbocycles. The van der Waals surface area contributed by atoms with Gasteiger partial charge in [-0.05, 0) is 43.3 Å². The number of anilines is 1. The molecule has 0 fully saturated rings. The highest BCUT2D eigenvalue weighted by Gasteiger charge is 2.19. The van der Waals surface area contributed by atoms with Gasteiger partial charge in [-0.25, -0.2) is 14.8 Å². The van der Waals surface area contributed by atoms with Crippen LogP contribution < -0.4 is 10.1 Å². The van der Waals surface area contributed by atoms with Crippen molar-refractivity contribution in [1.82, 2.24) is 19.6 Å². The number of fused-ring (bicyclic) bond motifs is 3. The summed E-state index contributed by atoms with van der Waals surface area (Å²) < 4.78 is 11.6. The van der Waals surface area contributed by atoms with E-state index >= 15 is 0 Å².